The summed E-state index contributed by atoms with van der Waals surface area (Å²) in [5, 5.41) is 0. The van der Waals surface area contributed by atoms with Gasteiger partial charge in [-0.3, -0.25) is 0 Å². The molecule has 0 heterocycles. The Morgan fingerprint density at radius 2 is 1.85 bits per heavy atom. The third kappa shape index (κ3) is 1.92. The van der Waals surface area contributed by atoms with Crippen molar-refractivity contribution in [1.82, 2.24) is 0 Å². The maximum absolute atomic E-state index is 5.81. The average Bonchev–Trinajstić information content (AvgIpc) is 2.44. The summed E-state index contributed by atoms with van der Waals surface area (Å²) in [6, 6.07) is 9.10. The molecule has 2 rings (SSSR count). The fourth-order valence-corrected chi connectivity index (χ4v) is 2.34. The first kappa shape index (κ1) is 8.76. The van der Waals surface area contributed by atoms with Crippen LogP contribution in [0.2, 0.25) is 0 Å². The highest BCUT2D eigenvalue weighted by Crippen LogP contribution is 2.28. The summed E-state index contributed by atoms with van der Waals surface area (Å²) < 4.78 is 0. The van der Waals surface area contributed by atoms with Crippen LogP contribution in [-0.4, -0.2) is 6.04 Å². The quantitative estimate of drug-likeness (QED) is 0.732. The molecule has 0 fully saturated rings. The molecule has 1 aromatic rings. The van der Waals surface area contributed by atoms with Gasteiger partial charge in [-0.05, 0) is 43.2 Å². The fraction of sp³-hybridized carbons (Fsp3) is 0.500. The van der Waals surface area contributed by atoms with E-state index in [9.17, 15) is 0 Å². The molecule has 0 radical (unpaired) electrons. The molecule has 1 aliphatic carbocycles. The van der Waals surface area contributed by atoms with Gasteiger partial charge in [0.05, 0.1) is 0 Å². The summed E-state index contributed by atoms with van der Waals surface area (Å²) in [5.74, 6) is 0.789. The Bertz CT molecular complexity index is 266. The second-order valence-corrected chi connectivity index (χ2v) is 4.26. The lowest BCUT2D eigenvalue weighted by molar-refractivity contribution is 0.467. The van der Waals surface area contributed by atoms with E-state index in [4.69, 9.17) is 5.73 Å². The SMILES string of the molecule is C[C@@H](N)CC1Cc2ccccc2C1. The summed E-state index contributed by atoms with van der Waals surface area (Å²) in [6.07, 6.45) is 3.63. The third-order valence-electron chi connectivity index (χ3n) is 2.84. The van der Waals surface area contributed by atoms with Gasteiger partial charge in [-0.1, -0.05) is 24.3 Å². The minimum atomic E-state index is 0.347. The van der Waals surface area contributed by atoms with Crippen molar-refractivity contribution in [1.29, 1.82) is 0 Å². The van der Waals surface area contributed by atoms with E-state index in [0.717, 1.165) is 12.3 Å². The summed E-state index contributed by atoms with van der Waals surface area (Å²) in [5.41, 5.74) is 8.88. The molecule has 0 bridgehead atoms. The Kier molecular flexibility index (Phi) is 2.36. The van der Waals surface area contributed by atoms with E-state index in [0.29, 0.717) is 6.04 Å². The predicted octanol–water partition coefficient (Wildman–Crippen LogP) is 2.14. The second kappa shape index (κ2) is 3.51. The first-order valence-electron chi connectivity index (χ1n) is 5.08. The van der Waals surface area contributed by atoms with Gasteiger partial charge in [0, 0.05) is 6.04 Å². The summed E-state index contributed by atoms with van der Waals surface area (Å²) in [7, 11) is 0. The molecule has 13 heavy (non-hydrogen) atoms. The van der Waals surface area contributed by atoms with Crippen LogP contribution < -0.4 is 5.73 Å². The van der Waals surface area contributed by atoms with Crippen LogP contribution in [0, 0.1) is 5.92 Å². The monoisotopic (exact) mass is 175 g/mol. The van der Waals surface area contributed by atoms with E-state index in [1.807, 2.05) is 0 Å². The van der Waals surface area contributed by atoms with Crippen LogP contribution in [0.5, 0.6) is 0 Å². The molecule has 0 saturated heterocycles. The molecule has 0 amide bonds. The Morgan fingerprint density at radius 1 is 1.31 bits per heavy atom. The molecule has 0 aliphatic heterocycles. The van der Waals surface area contributed by atoms with Crippen molar-refractivity contribution in [2.45, 2.75) is 32.2 Å². The van der Waals surface area contributed by atoms with Gasteiger partial charge in [0.2, 0.25) is 0 Å². The molecule has 1 heteroatoms. The zero-order chi connectivity index (χ0) is 9.26. The number of hydrogen-bond acceptors (Lipinski definition) is 1. The highest BCUT2D eigenvalue weighted by atomic mass is 14.6. The van der Waals surface area contributed by atoms with Crippen molar-refractivity contribution >= 4 is 0 Å². The average molecular weight is 175 g/mol. The topological polar surface area (TPSA) is 26.0 Å². The Morgan fingerprint density at radius 3 is 2.31 bits per heavy atom. The van der Waals surface area contributed by atoms with Crippen molar-refractivity contribution in [3.05, 3.63) is 35.4 Å². The van der Waals surface area contributed by atoms with Gasteiger partial charge in [-0.15, -0.1) is 0 Å². The molecule has 70 valence electrons. The number of benzene rings is 1. The minimum absolute atomic E-state index is 0.347. The van der Waals surface area contributed by atoms with Gasteiger partial charge >= 0.3 is 0 Å². The lowest BCUT2D eigenvalue weighted by atomic mass is 9.98. The van der Waals surface area contributed by atoms with Crippen molar-refractivity contribution in [2.75, 3.05) is 0 Å². The molecule has 0 spiro atoms. The molecule has 0 aromatic heterocycles. The molecule has 1 aromatic carbocycles. The van der Waals surface area contributed by atoms with Crippen LogP contribution in [0.1, 0.15) is 24.5 Å². The Labute approximate surface area is 80.0 Å². The second-order valence-electron chi connectivity index (χ2n) is 4.26. The third-order valence-corrected chi connectivity index (χ3v) is 2.84. The molecule has 0 saturated carbocycles. The normalized spacial score (nSPS) is 18.6. The Hall–Kier alpha value is -0.820. The zero-order valence-corrected chi connectivity index (χ0v) is 8.16. The largest absolute Gasteiger partial charge is 0.328 e. The van der Waals surface area contributed by atoms with Crippen LogP contribution in [0.15, 0.2) is 24.3 Å². The smallest absolute Gasteiger partial charge is 0.00133 e. The Balaban J connectivity index is 2.05. The number of nitrogens with two attached hydrogens (primary N) is 1. The van der Waals surface area contributed by atoms with Crippen LogP contribution in [0.4, 0.5) is 0 Å². The van der Waals surface area contributed by atoms with Gasteiger partial charge < -0.3 is 5.73 Å². The van der Waals surface area contributed by atoms with Gasteiger partial charge in [0.1, 0.15) is 0 Å². The minimum Gasteiger partial charge on any atom is -0.328 e. The maximum atomic E-state index is 5.81. The van der Waals surface area contributed by atoms with Crippen LogP contribution in [0.3, 0.4) is 0 Å². The molecule has 1 aliphatic rings. The fourth-order valence-electron chi connectivity index (χ4n) is 2.34. The molecular formula is C12H17N. The van der Waals surface area contributed by atoms with Crippen LogP contribution >= 0.6 is 0 Å². The van der Waals surface area contributed by atoms with Gasteiger partial charge in [0.15, 0.2) is 0 Å². The summed E-state index contributed by atoms with van der Waals surface area (Å²) >= 11 is 0. The van der Waals surface area contributed by atoms with Crippen molar-refractivity contribution < 1.29 is 0 Å². The standard InChI is InChI=1S/C12H17N/c1-9(13)6-10-7-11-4-2-3-5-12(11)8-10/h2-5,9-10H,6-8,13H2,1H3/t9-/m1/s1. The number of fused-ring (bicyclic) bond motifs is 1. The predicted molar refractivity (Wildman–Crippen MR) is 55.6 cm³/mol. The van der Waals surface area contributed by atoms with E-state index in [1.54, 1.807) is 0 Å². The molecule has 0 unspecified atom stereocenters. The van der Waals surface area contributed by atoms with Gasteiger partial charge in [0.25, 0.3) is 0 Å². The zero-order valence-electron chi connectivity index (χ0n) is 8.16. The van der Waals surface area contributed by atoms with E-state index in [-0.39, 0.29) is 0 Å². The van der Waals surface area contributed by atoms with Gasteiger partial charge in [-0.25, -0.2) is 0 Å². The van der Waals surface area contributed by atoms with E-state index in [2.05, 4.69) is 31.2 Å². The van der Waals surface area contributed by atoms with Crippen molar-refractivity contribution in [3.63, 3.8) is 0 Å². The van der Waals surface area contributed by atoms with Crippen molar-refractivity contribution in [3.8, 4) is 0 Å². The molecule has 1 nitrogen and oxygen atoms in total. The molecule has 2 N–H and O–H groups in total. The number of hydrogen-bond donors (Lipinski definition) is 1. The van der Waals surface area contributed by atoms with E-state index < -0.39 is 0 Å². The van der Waals surface area contributed by atoms with E-state index in [1.165, 1.54) is 24.0 Å². The maximum Gasteiger partial charge on any atom is 0.00133 e. The summed E-state index contributed by atoms with van der Waals surface area (Å²) in [6.45, 7) is 2.10. The molecular weight excluding hydrogens is 158 g/mol. The summed E-state index contributed by atoms with van der Waals surface area (Å²) in [4.78, 5) is 0. The highest BCUT2D eigenvalue weighted by molar-refractivity contribution is 5.32. The van der Waals surface area contributed by atoms with E-state index >= 15 is 0 Å². The number of rotatable bonds is 2. The van der Waals surface area contributed by atoms with Crippen LogP contribution in [-0.2, 0) is 12.8 Å². The lowest BCUT2D eigenvalue weighted by Gasteiger charge is -2.11. The van der Waals surface area contributed by atoms with Gasteiger partial charge in [-0.2, -0.15) is 0 Å². The lowest BCUT2D eigenvalue weighted by Crippen LogP contribution is -2.19. The highest BCUT2D eigenvalue weighted by Gasteiger charge is 2.21. The van der Waals surface area contributed by atoms with Crippen molar-refractivity contribution in [2.24, 2.45) is 11.7 Å². The first-order valence-corrected chi connectivity index (χ1v) is 5.08. The van der Waals surface area contributed by atoms with Crippen LogP contribution in [0.25, 0.3) is 0 Å². The first-order chi connectivity index (χ1) is 6.25. The molecule has 1 atom stereocenters.